The molecular formula is C52H50N10O16Rh2. The zero-order valence-corrected chi connectivity index (χ0v) is 46.6. The molecule has 2 radical (unpaired) electrons. The van der Waals surface area contributed by atoms with E-state index in [2.05, 4.69) is 38.9 Å². The number of rotatable bonds is 8. The number of aliphatic imine (C=N–C) groups is 4. The molecule has 4 aliphatic heterocycles. The summed E-state index contributed by atoms with van der Waals surface area (Å²) in [5.41, 5.74) is 1.52. The minimum absolute atomic E-state index is 0. The summed E-state index contributed by atoms with van der Waals surface area (Å²) in [6, 6.07) is 30.4. The molecule has 4 amide bonds. The average Bonchev–Trinajstić information content (AvgIpc) is 4.28. The molecule has 4 atom stereocenters. The molecular weight excluding hydrogens is 1230 g/mol. The Hall–Kier alpha value is -9.25. The van der Waals surface area contributed by atoms with Crippen LogP contribution in [0.4, 0.5) is 0 Å². The average molecular weight is 1280 g/mol. The van der Waals surface area contributed by atoms with Crippen molar-refractivity contribution < 1.29 is 117 Å². The number of ether oxygens (including phenoxy) is 4. The van der Waals surface area contributed by atoms with Crippen LogP contribution in [0, 0.1) is 22.7 Å². The molecule has 4 aromatic carbocycles. The van der Waals surface area contributed by atoms with Gasteiger partial charge in [-0.2, -0.15) is 10.5 Å². The molecule has 0 aromatic heterocycles. The van der Waals surface area contributed by atoms with Crippen LogP contribution in [-0.4, -0.2) is 170 Å². The van der Waals surface area contributed by atoms with E-state index in [0.29, 0.717) is 22.3 Å². The number of nitrogens with zero attached hydrogens (tertiary/aromatic N) is 10. The maximum Gasteiger partial charge on any atom is 2.00 e. The van der Waals surface area contributed by atoms with Crippen LogP contribution in [0.2, 0.25) is 0 Å². The first-order valence-electron chi connectivity index (χ1n) is 22.8. The van der Waals surface area contributed by atoms with Crippen LogP contribution in [0.25, 0.3) is 0 Å². The largest absolute Gasteiger partial charge is 2.00 e. The summed E-state index contributed by atoms with van der Waals surface area (Å²) >= 11 is 0. The van der Waals surface area contributed by atoms with Gasteiger partial charge in [0.2, 0.25) is 0 Å². The summed E-state index contributed by atoms with van der Waals surface area (Å²) in [4.78, 5) is 111. The van der Waals surface area contributed by atoms with Crippen molar-refractivity contribution >= 4 is 71.6 Å². The monoisotopic (exact) mass is 1280 g/mol. The molecule has 0 saturated carbocycles. The Balaban J connectivity index is 0.000000511. The smallest absolute Gasteiger partial charge is 0.846 e. The SMILES string of the molecule is CC#N.CC#N.COC(=O)[C@@H]1CN(C(=O)c2ccccc2)C([O-])=N1.COC(=O)[C@@H]1CN(C(=O)c2ccccc2)C([O-])=N1.COC(=O)[C@@H]1CN(C(=O)c2ccccc2)C([O-])=N1.COC(=O)[C@@H]1CN(C(=O)c2ccccc2)C([O-])=N1.[Rh+2].[Rh+2]. The Kier molecular flexibility index (Phi) is 30.3. The van der Waals surface area contributed by atoms with Gasteiger partial charge >= 0.3 is 62.8 Å². The topological polar surface area (TPSA) is 376 Å². The van der Waals surface area contributed by atoms with Gasteiger partial charge in [-0.15, -0.1) is 0 Å². The molecule has 0 bridgehead atoms. The number of carbonyl (C=O) groups excluding carboxylic acids is 8. The number of hydrogen-bond donors (Lipinski definition) is 0. The van der Waals surface area contributed by atoms with Crippen LogP contribution in [0.3, 0.4) is 0 Å². The number of esters is 4. The minimum atomic E-state index is -0.921. The Labute approximate surface area is 484 Å². The van der Waals surface area contributed by atoms with E-state index < -0.39 is 95.8 Å². The molecule has 0 spiro atoms. The summed E-state index contributed by atoms with van der Waals surface area (Å²) in [7, 11) is 4.85. The number of nitriles is 2. The Morgan fingerprint density at radius 1 is 0.388 bits per heavy atom. The summed E-state index contributed by atoms with van der Waals surface area (Å²) in [5, 5.41) is 60.8. The van der Waals surface area contributed by atoms with E-state index in [0.717, 1.165) is 19.6 Å². The van der Waals surface area contributed by atoms with Crippen molar-refractivity contribution in [3.05, 3.63) is 144 Å². The molecule has 80 heavy (non-hydrogen) atoms. The van der Waals surface area contributed by atoms with Gasteiger partial charge in [-0.05, 0) is 48.5 Å². The predicted octanol–water partition coefficient (Wildman–Crippen LogP) is -1.34. The van der Waals surface area contributed by atoms with Gasteiger partial charge in [0.05, 0.1) is 90.8 Å². The fourth-order valence-corrected chi connectivity index (χ4v) is 6.66. The second kappa shape index (κ2) is 35.2. The molecule has 0 saturated heterocycles. The zero-order chi connectivity index (χ0) is 57.9. The van der Waals surface area contributed by atoms with Gasteiger partial charge in [0.25, 0.3) is 23.6 Å². The Morgan fingerprint density at radius 3 is 0.675 bits per heavy atom. The van der Waals surface area contributed by atoms with Crippen molar-refractivity contribution in [3.63, 3.8) is 0 Å². The first kappa shape index (κ1) is 68.8. The fraction of sp³-hybridized carbons (Fsp3) is 0.269. The number of amides is 4. The standard InChI is InChI=1S/4C12H12N2O4.2C2H3N.2Rh/c4*1-18-11(16)9-7-14(12(17)13-9)10(15)8-5-3-2-4-6-8;2*1-2-3;;/h4*2-6,9H,7H2,1H3,(H,13,17);2*1H3;;/q;;;;;;2*+2/p-4/t4*9-;;;;/m0000..../s1. The van der Waals surface area contributed by atoms with Gasteiger partial charge in [0.1, 0.15) is 0 Å². The van der Waals surface area contributed by atoms with Crippen LogP contribution in [0.5, 0.6) is 0 Å². The van der Waals surface area contributed by atoms with Crippen molar-refractivity contribution in [2.75, 3.05) is 54.6 Å². The predicted molar refractivity (Wildman–Crippen MR) is 265 cm³/mol. The quantitative estimate of drug-likeness (QED) is 0.112. The van der Waals surface area contributed by atoms with Gasteiger partial charge in [-0.3, -0.25) is 39.1 Å². The molecule has 0 N–H and O–H groups in total. The Bertz CT molecular complexity index is 2570. The van der Waals surface area contributed by atoms with E-state index in [9.17, 15) is 58.8 Å². The molecule has 4 heterocycles. The van der Waals surface area contributed by atoms with Crippen molar-refractivity contribution in [3.8, 4) is 12.1 Å². The zero-order valence-electron chi connectivity index (χ0n) is 43.4. The number of hydrogen-bond acceptors (Lipinski definition) is 22. The number of carbonyl (C=O) groups is 8. The first-order chi connectivity index (χ1) is 37.3. The molecule has 8 rings (SSSR count). The van der Waals surface area contributed by atoms with Crippen LogP contribution in [-0.2, 0) is 77.1 Å². The second-order valence-corrected chi connectivity index (χ2v) is 15.4. The van der Waals surface area contributed by atoms with Crippen LogP contribution >= 0.6 is 0 Å². The van der Waals surface area contributed by atoms with Gasteiger partial charge in [-0.1, -0.05) is 72.8 Å². The van der Waals surface area contributed by atoms with Crippen LogP contribution in [0.1, 0.15) is 55.3 Å². The maximum absolute atomic E-state index is 12.0. The van der Waals surface area contributed by atoms with Gasteiger partial charge in [0, 0.05) is 36.1 Å². The molecule has 0 fully saturated rings. The van der Waals surface area contributed by atoms with E-state index in [1.165, 1.54) is 42.3 Å². The third-order valence-electron chi connectivity index (χ3n) is 10.4. The molecule has 0 aliphatic carbocycles. The fourth-order valence-electron chi connectivity index (χ4n) is 6.66. The number of methoxy groups -OCH3 is 4. The van der Waals surface area contributed by atoms with E-state index in [-0.39, 0.29) is 65.1 Å². The third-order valence-corrected chi connectivity index (χ3v) is 10.4. The van der Waals surface area contributed by atoms with Gasteiger partial charge in [0.15, 0.2) is 24.2 Å². The first-order valence-corrected chi connectivity index (χ1v) is 22.8. The van der Waals surface area contributed by atoms with Crippen molar-refractivity contribution in [1.82, 2.24) is 19.6 Å². The third kappa shape index (κ3) is 19.6. The van der Waals surface area contributed by atoms with Crippen molar-refractivity contribution in [2.24, 2.45) is 20.0 Å². The van der Waals surface area contributed by atoms with Crippen LogP contribution < -0.4 is 20.4 Å². The van der Waals surface area contributed by atoms with E-state index in [1.807, 2.05) is 0 Å². The van der Waals surface area contributed by atoms with Crippen molar-refractivity contribution in [2.45, 2.75) is 38.0 Å². The normalized spacial score (nSPS) is 16.8. The van der Waals surface area contributed by atoms with E-state index >= 15 is 0 Å². The van der Waals surface area contributed by atoms with Crippen molar-refractivity contribution in [1.29, 1.82) is 10.5 Å². The second-order valence-electron chi connectivity index (χ2n) is 15.4. The molecule has 4 aliphatic rings. The minimum Gasteiger partial charge on any atom is -0.846 e. The summed E-state index contributed by atoms with van der Waals surface area (Å²) in [6.45, 7) is 2.58. The molecule has 422 valence electrons. The molecule has 26 nitrogen and oxygen atoms in total. The number of amidine groups is 4. The molecule has 0 unspecified atom stereocenters. The Morgan fingerprint density at radius 2 is 0.537 bits per heavy atom. The summed E-state index contributed by atoms with van der Waals surface area (Å²) in [5.74, 6) is -4.32. The molecule has 28 heteroatoms. The van der Waals surface area contributed by atoms with Gasteiger partial charge < -0.3 is 59.0 Å². The van der Waals surface area contributed by atoms with Gasteiger partial charge in [-0.25, -0.2) is 19.2 Å². The maximum atomic E-state index is 12.0. The summed E-state index contributed by atoms with van der Waals surface area (Å²) < 4.78 is 18.0. The molecule has 4 aromatic rings. The summed E-state index contributed by atoms with van der Waals surface area (Å²) in [6.07, 6.45) is 0. The van der Waals surface area contributed by atoms with Crippen LogP contribution in [0.15, 0.2) is 141 Å². The van der Waals surface area contributed by atoms with E-state index in [1.54, 1.807) is 133 Å². The van der Waals surface area contributed by atoms with E-state index in [4.69, 9.17) is 10.5 Å². The number of benzene rings is 4.